The first-order valence-electron chi connectivity index (χ1n) is 10.5. The fourth-order valence-corrected chi connectivity index (χ4v) is 3.52. The molecule has 1 aliphatic heterocycles. The summed E-state index contributed by atoms with van der Waals surface area (Å²) < 4.78 is 63.5. The number of aliphatic carboxylic acids is 2. The number of anilines is 2. The third-order valence-electron chi connectivity index (χ3n) is 4.24. The fourth-order valence-electron chi connectivity index (χ4n) is 2.51. The third kappa shape index (κ3) is 9.79. The Kier molecular flexibility index (Phi) is 10.8. The minimum atomic E-state index is -5.08. The highest BCUT2D eigenvalue weighted by atomic mass is 32.2. The molecule has 0 radical (unpaired) electrons. The van der Waals surface area contributed by atoms with Crippen molar-refractivity contribution >= 4 is 40.9 Å². The lowest BCUT2D eigenvalue weighted by molar-refractivity contribution is -0.193. The van der Waals surface area contributed by atoms with E-state index < -0.39 is 24.3 Å². The number of nitrogens with one attached hydrogen (secondary N) is 2. The molecule has 4 rings (SSSR count). The lowest BCUT2D eigenvalue weighted by atomic mass is 10.2. The van der Waals surface area contributed by atoms with E-state index in [0.29, 0.717) is 23.8 Å². The minimum absolute atomic E-state index is 0.460. The summed E-state index contributed by atoms with van der Waals surface area (Å²) in [6.45, 7) is 0.515. The van der Waals surface area contributed by atoms with E-state index in [4.69, 9.17) is 19.8 Å². The van der Waals surface area contributed by atoms with Crippen LogP contribution in [0, 0.1) is 11.3 Å². The highest BCUT2D eigenvalue weighted by molar-refractivity contribution is 8.04. The minimum Gasteiger partial charge on any atom is -0.475 e. The van der Waals surface area contributed by atoms with Crippen LogP contribution >= 0.6 is 11.8 Å². The Hall–Kier alpha value is -4.85. The summed E-state index contributed by atoms with van der Waals surface area (Å²) >= 11 is 1.53. The van der Waals surface area contributed by atoms with E-state index in [-0.39, 0.29) is 0 Å². The number of nitriles is 1. The van der Waals surface area contributed by atoms with Gasteiger partial charge in [0.05, 0.1) is 28.6 Å². The Labute approximate surface area is 225 Å². The van der Waals surface area contributed by atoms with Crippen LogP contribution < -0.4 is 10.6 Å². The first kappa shape index (κ1) is 31.4. The summed E-state index contributed by atoms with van der Waals surface area (Å²) in [5, 5.41) is 31.1. The lowest BCUT2D eigenvalue weighted by Gasteiger charge is -2.07. The van der Waals surface area contributed by atoms with E-state index in [1.54, 1.807) is 18.5 Å². The summed E-state index contributed by atoms with van der Waals surface area (Å²) in [6, 6.07) is 17.7. The number of rotatable bonds is 4. The van der Waals surface area contributed by atoms with Gasteiger partial charge in [-0.15, -0.1) is 0 Å². The second-order valence-corrected chi connectivity index (χ2v) is 8.14. The van der Waals surface area contributed by atoms with E-state index in [0.717, 1.165) is 21.3 Å². The van der Waals surface area contributed by atoms with Gasteiger partial charge in [0, 0.05) is 17.3 Å². The smallest absolute Gasteiger partial charge is 0.475 e. The van der Waals surface area contributed by atoms with Crippen LogP contribution in [0.2, 0.25) is 0 Å². The maximum atomic E-state index is 10.6. The third-order valence-corrected chi connectivity index (χ3v) is 5.32. The number of fused-ring (bicyclic) bond motifs is 1. The summed E-state index contributed by atoms with van der Waals surface area (Å²) in [5.74, 6) is -5.05. The van der Waals surface area contributed by atoms with Crippen molar-refractivity contribution in [3.8, 4) is 6.07 Å². The zero-order valence-corrected chi connectivity index (χ0v) is 20.5. The van der Waals surface area contributed by atoms with E-state index in [2.05, 4.69) is 31.7 Å². The molecule has 0 spiro atoms. The molecule has 2 aromatic heterocycles. The molecule has 4 N–H and O–H groups in total. The Balaban J connectivity index is 0.000000333. The number of nitrogens with zero attached hydrogens (tertiary/aromatic N) is 4. The van der Waals surface area contributed by atoms with Crippen molar-refractivity contribution in [2.75, 3.05) is 10.6 Å². The molecule has 0 atom stereocenters. The van der Waals surface area contributed by atoms with Gasteiger partial charge in [0.25, 0.3) is 0 Å². The number of thioether (sulfide) groups is 1. The molecule has 17 heteroatoms. The van der Waals surface area contributed by atoms with Gasteiger partial charge in [-0.2, -0.15) is 31.6 Å². The molecule has 10 nitrogen and oxygen atoms in total. The molecule has 0 unspecified atom stereocenters. The highest BCUT2D eigenvalue weighted by Gasteiger charge is 2.38. The van der Waals surface area contributed by atoms with Crippen LogP contribution in [-0.2, 0) is 16.1 Å². The number of hydrogen-bond acceptors (Lipinski definition) is 9. The first-order chi connectivity index (χ1) is 18.7. The fraction of sp³-hybridized carbons (Fsp3) is 0.130. The topological polar surface area (TPSA) is 161 Å². The first-order valence-corrected chi connectivity index (χ1v) is 11.3. The number of carboxylic acids is 2. The number of pyridine rings is 1. The van der Waals surface area contributed by atoms with E-state index in [1.807, 2.05) is 42.5 Å². The standard InChI is InChI=1S/C19H14N6S.2C2HF3O2/c20-11-14(18-24-16-6-1-2-7-17(16)26-18)15-8-10-22-19(25-15)23-12-13-5-3-4-9-21-13;2*3-2(4,5)1(6)7/h1-10,24H,12H2,(H,22,23,25);2*(H,6,7)/b18-14+;;. The molecule has 0 saturated heterocycles. The Morgan fingerprint density at radius 2 is 1.52 bits per heavy atom. The van der Waals surface area contributed by atoms with Crippen LogP contribution in [-0.4, -0.2) is 49.5 Å². The van der Waals surface area contributed by atoms with Crippen molar-refractivity contribution in [1.82, 2.24) is 15.0 Å². The van der Waals surface area contributed by atoms with Gasteiger partial charge in [0.1, 0.15) is 11.6 Å². The molecular formula is C23H16F6N6O4S. The number of alkyl halides is 6. The van der Waals surface area contributed by atoms with Crippen molar-refractivity contribution in [2.24, 2.45) is 0 Å². The van der Waals surface area contributed by atoms with Crippen molar-refractivity contribution in [3.63, 3.8) is 0 Å². The van der Waals surface area contributed by atoms with Crippen molar-refractivity contribution in [3.05, 3.63) is 77.3 Å². The molecule has 40 heavy (non-hydrogen) atoms. The maximum absolute atomic E-state index is 10.6. The summed E-state index contributed by atoms with van der Waals surface area (Å²) in [4.78, 5) is 31.9. The number of carboxylic acid groups (broad SMARTS) is 2. The maximum Gasteiger partial charge on any atom is 0.490 e. The van der Waals surface area contributed by atoms with Gasteiger partial charge in [-0.25, -0.2) is 19.6 Å². The van der Waals surface area contributed by atoms with E-state index >= 15 is 0 Å². The molecule has 1 aliphatic rings. The zero-order valence-electron chi connectivity index (χ0n) is 19.7. The normalized spacial score (nSPS) is 13.1. The van der Waals surface area contributed by atoms with Crippen LogP contribution in [0.1, 0.15) is 11.4 Å². The molecule has 0 amide bonds. The zero-order chi connectivity index (χ0) is 29.9. The second-order valence-electron chi connectivity index (χ2n) is 7.09. The van der Waals surface area contributed by atoms with Crippen LogP contribution in [0.4, 0.5) is 38.0 Å². The Morgan fingerprint density at radius 1 is 0.925 bits per heavy atom. The largest absolute Gasteiger partial charge is 0.490 e. The molecular weight excluding hydrogens is 570 g/mol. The monoisotopic (exact) mass is 586 g/mol. The highest BCUT2D eigenvalue weighted by Crippen LogP contribution is 2.43. The van der Waals surface area contributed by atoms with Crippen LogP contribution in [0.25, 0.3) is 5.57 Å². The van der Waals surface area contributed by atoms with Gasteiger partial charge in [-0.05, 0) is 30.3 Å². The van der Waals surface area contributed by atoms with Crippen molar-refractivity contribution < 1.29 is 46.1 Å². The van der Waals surface area contributed by atoms with Gasteiger partial charge >= 0.3 is 24.3 Å². The lowest BCUT2D eigenvalue weighted by Crippen LogP contribution is -2.21. The number of halogens is 6. The van der Waals surface area contributed by atoms with Crippen molar-refractivity contribution in [2.45, 2.75) is 23.8 Å². The second kappa shape index (κ2) is 13.8. The number of aromatic nitrogens is 3. The number of carbonyl (C=O) groups is 2. The van der Waals surface area contributed by atoms with Crippen LogP contribution in [0.15, 0.2) is 70.8 Å². The molecule has 1 aromatic carbocycles. The molecule has 210 valence electrons. The summed E-state index contributed by atoms with van der Waals surface area (Å²) in [5.41, 5.74) is 2.97. The number of para-hydroxylation sites is 1. The predicted molar refractivity (Wildman–Crippen MR) is 129 cm³/mol. The number of allylic oxidation sites excluding steroid dienone is 1. The number of hydrogen-bond donors (Lipinski definition) is 4. The summed E-state index contributed by atoms with van der Waals surface area (Å²) in [6.07, 6.45) is -6.78. The number of benzene rings is 1. The average molecular weight is 586 g/mol. The summed E-state index contributed by atoms with van der Waals surface area (Å²) in [7, 11) is 0. The van der Waals surface area contributed by atoms with Gasteiger partial charge < -0.3 is 20.8 Å². The molecule has 0 aliphatic carbocycles. The van der Waals surface area contributed by atoms with E-state index in [1.165, 1.54) is 11.8 Å². The van der Waals surface area contributed by atoms with Crippen molar-refractivity contribution in [1.29, 1.82) is 5.26 Å². The predicted octanol–water partition coefficient (Wildman–Crippen LogP) is 5.16. The SMILES string of the molecule is N#C/C(=C1/Nc2ccccc2S1)c1ccnc(NCc2ccccn2)n1.O=C(O)C(F)(F)F.O=C(O)C(F)(F)F. The quantitative estimate of drug-likeness (QED) is 0.236. The van der Waals surface area contributed by atoms with Gasteiger partial charge in [-0.3, -0.25) is 4.98 Å². The van der Waals surface area contributed by atoms with Gasteiger partial charge in [-0.1, -0.05) is 30.0 Å². The molecule has 0 fully saturated rings. The molecule has 3 aromatic rings. The van der Waals surface area contributed by atoms with Gasteiger partial charge in [0.2, 0.25) is 5.95 Å². The van der Waals surface area contributed by atoms with E-state index in [9.17, 15) is 31.6 Å². The average Bonchev–Trinajstić information content (AvgIpc) is 3.32. The molecule has 0 bridgehead atoms. The Bertz CT molecular complexity index is 1360. The van der Waals surface area contributed by atoms with Gasteiger partial charge in [0.15, 0.2) is 0 Å². The molecule has 3 heterocycles. The van der Waals surface area contributed by atoms with Crippen LogP contribution in [0.5, 0.6) is 0 Å². The van der Waals surface area contributed by atoms with Crippen LogP contribution in [0.3, 0.4) is 0 Å². The molecule has 0 saturated carbocycles. The Morgan fingerprint density at radius 3 is 2.05 bits per heavy atom.